The maximum Gasteiger partial charge on any atom is 0.145 e. The topological polar surface area (TPSA) is 44.4 Å². The first-order valence-electron chi connectivity index (χ1n) is 17.6. The molecule has 0 saturated carbocycles. The van der Waals surface area contributed by atoms with Crippen molar-refractivity contribution in [3.63, 3.8) is 0 Å². The molecule has 5 nitrogen and oxygen atoms in total. The lowest BCUT2D eigenvalue weighted by Crippen LogP contribution is -2.03. The summed E-state index contributed by atoms with van der Waals surface area (Å²) in [4.78, 5) is 9.91. The number of benzene rings is 5. The quantitative estimate of drug-likeness (QED) is 0.164. The Bertz CT molecular complexity index is 2780. The molecule has 0 aliphatic rings. The van der Waals surface area contributed by atoms with Crippen LogP contribution in [-0.4, -0.2) is 18.9 Å². The molecule has 6 heteroatoms. The van der Waals surface area contributed by atoms with Gasteiger partial charge in [0.25, 0.3) is 0 Å². The molecular weight excluding hydrogens is 648 g/mol. The molecule has 0 fully saturated rings. The van der Waals surface area contributed by atoms with Crippen molar-refractivity contribution in [2.75, 3.05) is 0 Å². The Hall–Kier alpha value is -5.65. The van der Waals surface area contributed by atoms with Gasteiger partial charge in [0.1, 0.15) is 23.0 Å². The second-order valence-corrected chi connectivity index (χ2v) is 14.6. The number of pyridine rings is 2. The molecule has 0 aliphatic carbocycles. The highest BCUT2D eigenvalue weighted by atomic mass is 35.5. The number of aryl methyl sites for hydroxylation is 1. The number of para-hydroxylation sites is 2. The van der Waals surface area contributed by atoms with Gasteiger partial charge in [-0.05, 0) is 101 Å². The van der Waals surface area contributed by atoms with Crippen LogP contribution in [0.4, 0.5) is 0 Å². The molecule has 0 N–H and O–H groups in total. The third-order valence-electron chi connectivity index (χ3n) is 10.1. The lowest BCUT2D eigenvalue weighted by molar-refractivity contribution is 0.484. The molecule has 51 heavy (non-hydrogen) atoms. The third kappa shape index (κ3) is 5.06. The van der Waals surface area contributed by atoms with Gasteiger partial charge < -0.3 is 4.74 Å². The Balaban J connectivity index is 1.23. The van der Waals surface area contributed by atoms with Gasteiger partial charge in [0.2, 0.25) is 0 Å². The van der Waals surface area contributed by atoms with Crippen LogP contribution in [0.25, 0.3) is 66.2 Å². The summed E-state index contributed by atoms with van der Waals surface area (Å²) in [6.07, 6.45) is 3.94. The molecule has 250 valence electrons. The van der Waals surface area contributed by atoms with Gasteiger partial charge in [0.05, 0.1) is 28.4 Å². The van der Waals surface area contributed by atoms with Gasteiger partial charge in [-0.3, -0.25) is 8.97 Å². The van der Waals surface area contributed by atoms with Gasteiger partial charge in [-0.1, -0.05) is 81.8 Å². The number of aromatic nitrogens is 4. The Morgan fingerprint density at radius 2 is 1.22 bits per heavy atom. The number of ether oxygens (including phenoxy) is 1. The minimum atomic E-state index is 0.284. The highest BCUT2D eigenvalue weighted by molar-refractivity contribution is 6.31. The lowest BCUT2D eigenvalue weighted by atomic mass is 9.87. The molecule has 9 aromatic rings. The summed E-state index contributed by atoms with van der Waals surface area (Å²) < 4.78 is 11.2. The SMILES string of the molecule is Cc1ccc(-n2c3ccccc3c3ccc(Oc4ccc5c6ccccc6n6c(-c7c(C(C)C)cc(Cl)cc7C(C)C)cnc6c5c4)cc32)nc1. The summed E-state index contributed by atoms with van der Waals surface area (Å²) in [6.45, 7) is 11.0. The van der Waals surface area contributed by atoms with E-state index in [4.69, 9.17) is 26.3 Å². The van der Waals surface area contributed by atoms with E-state index in [1.165, 1.54) is 22.1 Å². The van der Waals surface area contributed by atoms with Crippen LogP contribution in [0, 0.1) is 6.92 Å². The Labute approximate surface area is 301 Å². The van der Waals surface area contributed by atoms with Crippen LogP contribution >= 0.6 is 11.6 Å². The van der Waals surface area contributed by atoms with Crippen LogP contribution in [0.15, 0.2) is 122 Å². The molecule has 4 heterocycles. The van der Waals surface area contributed by atoms with E-state index >= 15 is 0 Å². The van der Waals surface area contributed by atoms with Crippen molar-refractivity contribution in [2.45, 2.75) is 46.5 Å². The van der Waals surface area contributed by atoms with Crippen molar-refractivity contribution in [1.29, 1.82) is 0 Å². The molecule has 0 spiro atoms. The zero-order valence-corrected chi connectivity index (χ0v) is 30.0. The molecule has 0 saturated heterocycles. The summed E-state index contributed by atoms with van der Waals surface area (Å²) in [6, 6.07) is 38.1. The van der Waals surface area contributed by atoms with Crippen LogP contribution < -0.4 is 4.74 Å². The summed E-state index contributed by atoms with van der Waals surface area (Å²) in [5.41, 5.74) is 10.0. The first-order chi connectivity index (χ1) is 24.8. The second kappa shape index (κ2) is 12.0. The van der Waals surface area contributed by atoms with E-state index in [1.807, 2.05) is 12.4 Å². The fraction of sp³-hybridized carbons (Fsp3) is 0.156. The van der Waals surface area contributed by atoms with E-state index < -0.39 is 0 Å². The zero-order chi connectivity index (χ0) is 35.0. The van der Waals surface area contributed by atoms with Crippen molar-refractivity contribution >= 4 is 60.7 Å². The Kier molecular flexibility index (Phi) is 7.37. The van der Waals surface area contributed by atoms with Crippen LogP contribution in [0.5, 0.6) is 11.5 Å². The van der Waals surface area contributed by atoms with Crippen molar-refractivity contribution < 1.29 is 4.74 Å². The maximum absolute atomic E-state index is 6.70. The number of nitrogens with zero attached hydrogens (tertiary/aromatic N) is 4. The average molecular weight is 685 g/mol. The number of hydrogen-bond donors (Lipinski definition) is 0. The van der Waals surface area contributed by atoms with Gasteiger partial charge in [0, 0.05) is 44.4 Å². The highest BCUT2D eigenvalue weighted by Crippen LogP contribution is 2.42. The van der Waals surface area contributed by atoms with Gasteiger partial charge >= 0.3 is 0 Å². The Morgan fingerprint density at radius 1 is 0.588 bits per heavy atom. The average Bonchev–Trinajstić information content (AvgIpc) is 3.72. The summed E-state index contributed by atoms with van der Waals surface area (Å²) in [7, 11) is 0. The number of imidazole rings is 1. The molecular formula is C45H37ClN4O. The molecule has 9 rings (SSSR count). The van der Waals surface area contributed by atoms with E-state index in [0.29, 0.717) is 0 Å². The Morgan fingerprint density at radius 3 is 1.90 bits per heavy atom. The second-order valence-electron chi connectivity index (χ2n) is 14.1. The van der Waals surface area contributed by atoms with Gasteiger partial charge in [-0.25, -0.2) is 9.97 Å². The van der Waals surface area contributed by atoms with E-state index in [9.17, 15) is 0 Å². The van der Waals surface area contributed by atoms with Gasteiger partial charge in [-0.15, -0.1) is 0 Å². The molecule has 0 bridgehead atoms. The minimum absolute atomic E-state index is 0.284. The summed E-state index contributed by atoms with van der Waals surface area (Å²) in [5.74, 6) is 2.94. The van der Waals surface area contributed by atoms with Crippen LogP contribution in [0.2, 0.25) is 5.02 Å². The summed E-state index contributed by atoms with van der Waals surface area (Å²) >= 11 is 6.70. The monoisotopic (exact) mass is 684 g/mol. The van der Waals surface area contributed by atoms with E-state index in [0.717, 1.165) is 77.3 Å². The standard InChI is InChI=1S/C45H37ClN4O/c1-26(2)36-20-29(46)21-37(27(3)4)44(36)42-25-48-45-38-22-30(15-17-32(38)33-10-6-9-13-40(33)50(42)45)51-31-16-18-35-34-11-7-8-12-39(34)49(41(35)23-31)43-19-14-28(5)24-47-43/h6-27H,1-5H3. The molecule has 0 amide bonds. The van der Waals surface area contributed by atoms with E-state index in [-0.39, 0.29) is 11.8 Å². The number of halogens is 1. The smallest absolute Gasteiger partial charge is 0.145 e. The minimum Gasteiger partial charge on any atom is -0.457 e. The summed E-state index contributed by atoms with van der Waals surface area (Å²) in [5, 5.41) is 6.42. The lowest BCUT2D eigenvalue weighted by Gasteiger charge is -2.21. The van der Waals surface area contributed by atoms with Crippen LogP contribution in [0.1, 0.15) is 56.2 Å². The number of hydrogen-bond acceptors (Lipinski definition) is 3. The molecule has 0 aliphatic heterocycles. The fourth-order valence-electron chi connectivity index (χ4n) is 7.71. The maximum atomic E-state index is 6.70. The van der Waals surface area contributed by atoms with Gasteiger partial charge in [0.15, 0.2) is 0 Å². The zero-order valence-electron chi connectivity index (χ0n) is 29.3. The van der Waals surface area contributed by atoms with Gasteiger partial charge in [-0.2, -0.15) is 0 Å². The van der Waals surface area contributed by atoms with E-state index in [1.54, 1.807) is 0 Å². The molecule has 0 atom stereocenters. The predicted molar refractivity (Wildman–Crippen MR) is 212 cm³/mol. The van der Waals surface area contributed by atoms with Crippen molar-refractivity contribution in [3.05, 3.63) is 143 Å². The number of fused-ring (bicyclic) bond motifs is 9. The van der Waals surface area contributed by atoms with Crippen molar-refractivity contribution in [3.8, 4) is 28.6 Å². The van der Waals surface area contributed by atoms with Crippen LogP contribution in [0.3, 0.4) is 0 Å². The molecule has 4 aromatic heterocycles. The fourth-order valence-corrected chi connectivity index (χ4v) is 7.95. The van der Waals surface area contributed by atoms with Crippen molar-refractivity contribution in [2.24, 2.45) is 0 Å². The highest BCUT2D eigenvalue weighted by Gasteiger charge is 2.23. The van der Waals surface area contributed by atoms with Crippen LogP contribution in [-0.2, 0) is 0 Å². The predicted octanol–water partition coefficient (Wildman–Crippen LogP) is 12.8. The first kappa shape index (κ1) is 31.3. The largest absolute Gasteiger partial charge is 0.457 e. The first-order valence-corrected chi connectivity index (χ1v) is 17.9. The van der Waals surface area contributed by atoms with E-state index in [2.05, 4.69) is 153 Å². The number of rotatable bonds is 6. The molecule has 0 unspecified atom stereocenters. The van der Waals surface area contributed by atoms with Crippen molar-refractivity contribution in [1.82, 2.24) is 18.9 Å². The third-order valence-corrected chi connectivity index (χ3v) is 10.3. The normalized spacial score (nSPS) is 12.1. The molecule has 5 aromatic carbocycles. The molecule has 0 radical (unpaired) electrons.